The lowest BCUT2D eigenvalue weighted by atomic mass is 10.2. The average molecular weight is 221 g/mol. The highest BCUT2D eigenvalue weighted by Crippen LogP contribution is 2.01. The quantitative estimate of drug-likeness (QED) is 0.762. The van der Waals surface area contributed by atoms with Gasteiger partial charge < -0.3 is 5.32 Å². The number of pyridine rings is 1. The van der Waals surface area contributed by atoms with Gasteiger partial charge in [-0.2, -0.15) is 0 Å². The third-order valence-corrected chi connectivity index (χ3v) is 2.68. The predicted molar refractivity (Wildman–Crippen MR) is 68.3 cm³/mol. The molecule has 1 N–H and O–H groups in total. The molecule has 0 spiro atoms. The Hall–Kier alpha value is -0.930. The van der Waals surface area contributed by atoms with E-state index in [0.717, 1.165) is 25.3 Å². The SMILES string of the molecule is CCNC(CC)CN(C)Cc1ccccn1. The summed E-state index contributed by atoms with van der Waals surface area (Å²) in [7, 11) is 2.15. The molecule has 90 valence electrons. The van der Waals surface area contributed by atoms with Crippen LogP contribution in [0.4, 0.5) is 0 Å². The molecule has 0 bridgehead atoms. The van der Waals surface area contributed by atoms with E-state index in [4.69, 9.17) is 0 Å². The van der Waals surface area contributed by atoms with E-state index in [9.17, 15) is 0 Å². The summed E-state index contributed by atoms with van der Waals surface area (Å²) in [6, 6.07) is 6.65. The van der Waals surface area contributed by atoms with Crippen molar-refractivity contribution in [1.29, 1.82) is 0 Å². The fourth-order valence-electron chi connectivity index (χ4n) is 1.84. The smallest absolute Gasteiger partial charge is 0.0543 e. The molecule has 0 aliphatic rings. The summed E-state index contributed by atoms with van der Waals surface area (Å²) >= 11 is 0. The topological polar surface area (TPSA) is 28.2 Å². The zero-order valence-corrected chi connectivity index (χ0v) is 10.6. The molecule has 3 heteroatoms. The Morgan fingerprint density at radius 1 is 1.38 bits per heavy atom. The lowest BCUT2D eigenvalue weighted by molar-refractivity contribution is 0.276. The van der Waals surface area contributed by atoms with Crippen LogP contribution < -0.4 is 5.32 Å². The van der Waals surface area contributed by atoms with E-state index >= 15 is 0 Å². The third kappa shape index (κ3) is 4.73. The van der Waals surface area contributed by atoms with Crippen molar-refractivity contribution in [2.24, 2.45) is 0 Å². The summed E-state index contributed by atoms with van der Waals surface area (Å²) in [5.74, 6) is 0. The highest BCUT2D eigenvalue weighted by atomic mass is 15.1. The summed E-state index contributed by atoms with van der Waals surface area (Å²) in [6.07, 6.45) is 3.02. The Balaban J connectivity index is 2.37. The van der Waals surface area contributed by atoms with E-state index in [0.29, 0.717) is 6.04 Å². The molecule has 1 unspecified atom stereocenters. The summed E-state index contributed by atoms with van der Waals surface area (Å²) in [6.45, 7) is 7.41. The van der Waals surface area contributed by atoms with Crippen LogP contribution in [0, 0.1) is 0 Å². The summed E-state index contributed by atoms with van der Waals surface area (Å²) in [4.78, 5) is 6.65. The Morgan fingerprint density at radius 3 is 2.75 bits per heavy atom. The monoisotopic (exact) mass is 221 g/mol. The molecule has 1 aromatic heterocycles. The molecular formula is C13H23N3. The van der Waals surface area contributed by atoms with Crippen molar-refractivity contribution in [2.75, 3.05) is 20.1 Å². The maximum Gasteiger partial charge on any atom is 0.0543 e. The van der Waals surface area contributed by atoms with Crippen LogP contribution in [-0.2, 0) is 6.54 Å². The minimum atomic E-state index is 0.582. The summed E-state index contributed by atoms with van der Waals surface area (Å²) in [5.41, 5.74) is 1.14. The summed E-state index contributed by atoms with van der Waals surface area (Å²) in [5, 5.41) is 3.49. The number of hydrogen-bond acceptors (Lipinski definition) is 3. The minimum absolute atomic E-state index is 0.582. The molecule has 0 aliphatic heterocycles. The van der Waals surface area contributed by atoms with Gasteiger partial charge in [0.05, 0.1) is 5.69 Å². The molecule has 1 aromatic rings. The van der Waals surface area contributed by atoms with Gasteiger partial charge in [-0.25, -0.2) is 0 Å². The van der Waals surface area contributed by atoms with Crippen molar-refractivity contribution in [2.45, 2.75) is 32.9 Å². The molecule has 0 saturated heterocycles. The van der Waals surface area contributed by atoms with Crippen LogP contribution in [0.15, 0.2) is 24.4 Å². The summed E-state index contributed by atoms with van der Waals surface area (Å²) < 4.78 is 0. The maximum atomic E-state index is 4.34. The fraction of sp³-hybridized carbons (Fsp3) is 0.615. The van der Waals surface area contributed by atoms with Crippen LogP contribution in [0.3, 0.4) is 0 Å². The van der Waals surface area contributed by atoms with Gasteiger partial charge in [0.1, 0.15) is 0 Å². The van der Waals surface area contributed by atoms with Crippen molar-refractivity contribution in [3.8, 4) is 0 Å². The van der Waals surface area contributed by atoms with Gasteiger partial charge in [0.25, 0.3) is 0 Å². The van der Waals surface area contributed by atoms with Gasteiger partial charge in [0.15, 0.2) is 0 Å². The molecule has 0 fully saturated rings. The molecule has 0 aromatic carbocycles. The van der Waals surface area contributed by atoms with Crippen molar-refractivity contribution in [3.63, 3.8) is 0 Å². The number of likely N-dealkylation sites (N-methyl/N-ethyl adjacent to an activating group) is 2. The molecule has 0 amide bonds. The Morgan fingerprint density at radius 2 is 2.19 bits per heavy atom. The van der Waals surface area contributed by atoms with Crippen LogP contribution in [0.2, 0.25) is 0 Å². The zero-order valence-electron chi connectivity index (χ0n) is 10.6. The van der Waals surface area contributed by atoms with Crippen molar-refractivity contribution in [1.82, 2.24) is 15.2 Å². The molecule has 1 rings (SSSR count). The van der Waals surface area contributed by atoms with Crippen molar-refractivity contribution < 1.29 is 0 Å². The first-order chi connectivity index (χ1) is 7.76. The van der Waals surface area contributed by atoms with E-state index in [1.54, 1.807) is 0 Å². The van der Waals surface area contributed by atoms with Gasteiger partial charge in [0.2, 0.25) is 0 Å². The molecule has 16 heavy (non-hydrogen) atoms. The molecule has 0 radical (unpaired) electrons. The molecular weight excluding hydrogens is 198 g/mol. The Kier molecular flexibility index (Phi) is 6.04. The normalized spacial score (nSPS) is 13.0. The van der Waals surface area contributed by atoms with Crippen LogP contribution in [0.25, 0.3) is 0 Å². The first kappa shape index (κ1) is 13.1. The second-order valence-electron chi connectivity index (χ2n) is 4.18. The van der Waals surface area contributed by atoms with Crippen LogP contribution in [0.5, 0.6) is 0 Å². The van der Waals surface area contributed by atoms with Crippen LogP contribution in [-0.4, -0.2) is 36.1 Å². The molecule has 1 atom stereocenters. The van der Waals surface area contributed by atoms with Gasteiger partial charge in [-0.3, -0.25) is 9.88 Å². The molecule has 1 heterocycles. The minimum Gasteiger partial charge on any atom is -0.313 e. The largest absolute Gasteiger partial charge is 0.313 e. The number of hydrogen-bond donors (Lipinski definition) is 1. The van der Waals surface area contributed by atoms with Gasteiger partial charge in [-0.15, -0.1) is 0 Å². The third-order valence-electron chi connectivity index (χ3n) is 2.68. The van der Waals surface area contributed by atoms with E-state index in [-0.39, 0.29) is 0 Å². The van der Waals surface area contributed by atoms with Crippen LogP contribution in [0.1, 0.15) is 26.0 Å². The second kappa shape index (κ2) is 7.36. The Labute approximate surface area is 98.9 Å². The highest BCUT2D eigenvalue weighted by Gasteiger charge is 2.08. The first-order valence-electron chi connectivity index (χ1n) is 6.08. The molecule has 0 saturated carbocycles. The lowest BCUT2D eigenvalue weighted by Crippen LogP contribution is -2.38. The molecule has 3 nitrogen and oxygen atoms in total. The Bertz CT molecular complexity index is 274. The van der Waals surface area contributed by atoms with Gasteiger partial charge in [-0.05, 0) is 32.1 Å². The first-order valence-corrected chi connectivity index (χ1v) is 6.08. The number of rotatable bonds is 7. The standard InChI is InChI=1S/C13H23N3/c1-4-12(14-5-2)10-16(3)11-13-8-6-7-9-15-13/h6-9,12,14H,4-5,10-11H2,1-3H3. The van der Waals surface area contributed by atoms with E-state index in [1.807, 2.05) is 18.3 Å². The number of nitrogens with one attached hydrogen (secondary N) is 1. The lowest BCUT2D eigenvalue weighted by Gasteiger charge is -2.23. The second-order valence-corrected chi connectivity index (χ2v) is 4.18. The van der Waals surface area contributed by atoms with E-state index < -0.39 is 0 Å². The highest BCUT2D eigenvalue weighted by molar-refractivity contribution is 5.03. The molecule has 0 aliphatic carbocycles. The average Bonchev–Trinajstić information content (AvgIpc) is 2.29. The van der Waals surface area contributed by atoms with Crippen LogP contribution >= 0.6 is 0 Å². The number of aromatic nitrogens is 1. The fourth-order valence-corrected chi connectivity index (χ4v) is 1.84. The van der Waals surface area contributed by atoms with Gasteiger partial charge in [-0.1, -0.05) is 19.9 Å². The van der Waals surface area contributed by atoms with E-state index in [2.05, 4.69) is 42.2 Å². The predicted octanol–water partition coefficient (Wildman–Crippen LogP) is 1.90. The van der Waals surface area contributed by atoms with Crippen molar-refractivity contribution in [3.05, 3.63) is 30.1 Å². The maximum absolute atomic E-state index is 4.34. The van der Waals surface area contributed by atoms with E-state index in [1.165, 1.54) is 6.42 Å². The number of nitrogens with zero attached hydrogens (tertiary/aromatic N) is 2. The van der Waals surface area contributed by atoms with Gasteiger partial charge in [0, 0.05) is 25.3 Å². The zero-order chi connectivity index (χ0) is 11.8. The van der Waals surface area contributed by atoms with Crippen molar-refractivity contribution >= 4 is 0 Å². The van der Waals surface area contributed by atoms with Gasteiger partial charge >= 0.3 is 0 Å².